The fraction of sp³-hybridized carbons (Fsp3) is 0.308. The molecule has 6 nitrogen and oxygen atoms in total. The second-order valence-electron chi connectivity index (χ2n) is 4.66. The molecule has 0 saturated heterocycles. The van der Waals surface area contributed by atoms with Gasteiger partial charge in [-0.15, -0.1) is 0 Å². The monoisotopic (exact) mass is 329 g/mol. The van der Waals surface area contributed by atoms with E-state index in [4.69, 9.17) is 27.9 Å². The zero-order valence-electron chi connectivity index (χ0n) is 11.6. The number of hydrogen-bond donors (Lipinski definition) is 1. The molecule has 0 aliphatic carbocycles. The first-order valence-electron chi connectivity index (χ1n) is 6.16. The Labute approximate surface area is 130 Å². The third-order valence-corrected chi connectivity index (χ3v) is 3.18. The minimum Gasteiger partial charge on any atom is -0.489 e. The highest BCUT2D eigenvalue weighted by Gasteiger charge is 2.14. The molecule has 0 atom stereocenters. The molecular weight excluding hydrogens is 317 g/mol. The second kappa shape index (κ2) is 5.91. The molecule has 21 heavy (non-hydrogen) atoms. The van der Waals surface area contributed by atoms with Gasteiger partial charge in [0.25, 0.3) is 5.56 Å². The number of ether oxygens (including phenoxy) is 1. The molecule has 0 spiro atoms. The van der Waals surface area contributed by atoms with E-state index in [0.717, 1.165) is 4.68 Å². The fourth-order valence-corrected chi connectivity index (χ4v) is 2.18. The van der Waals surface area contributed by atoms with Gasteiger partial charge in [-0.05, 0) is 26.8 Å². The molecule has 1 aromatic heterocycles. The van der Waals surface area contributed by atoms with E-state index in [0.29, 0.717) is 10.8 Å². The lowest BCUT2D eigenvalue weighted by atomic mass is 10.3. The van der Waals surface area contributed by atoms with Crippen LogP contribution in [0.4, 0.5) is 0 Å². The van der Waals surface area contributed by atoms with E-state index in [9.17, 15) is 9.59 Å². The van der Waals surface area contributed by atoms with Crippen molar-refractivity contribution in [2.75, 3.05) is 0 Å². The van der Waals surface area contributed by atoms with Crippen molar-refractivity contribution in [1.29, 1.82) is 0 Å². The Hall–Kier alpha value is -1.79. The minimum atomic E-state index is -0.690. The molecule has 1 aromatic carbocycles. The molecule has 2 rings (SSSR count). The first-order valence-corrected chi connectivity index (χ1v) is 6.91. The van der Waals surface area contributed by atoms with Gasteiger partial charge in [0.05, 0.1) is 21.8 Å². The molecule has 0 unspecified atom stereocenters. The maximum atomic E-state index is 11.9. The van der Waals surface area contributed by atoms with E-state index >= 15 is 0 Å². The largest absolute Gasteiger partial charge is 0.489 e. The molecule has 0 aliphatic rings. The Bertz CT molecular complexity index is 796. The van der Waals surface area contributed by atoms with E-state index in [1.54, 1.807) is 0 Å². The lowest BCUT2D eigenvalue weighted by Gasteiger charge is -2.14. The van der Waals surface area contributed by atoms with Crippen LogP contribution in [0.15, 0.2) is 21.7 Å². The molecule has 8 heteroatoms. The molecule has 0 amide bonds. The number of benzene rings is 1. The summed E-state index contributed by atoms with van der Waals surface area (Å²) < 4.78 is 6.55. The Balaban J connectivity index is 2.66. The van der Waals surface area contributed by atoms with Crippen molar-refractivity contribution in [3.8, 4) is 11.4 Å². The second-order valence-corrected chi connectivity index (χ2v) is 5.47. The topological polar surface area (TPSA) is 77.0 Å². The quantitative estimate of drug-likeness (QED) is 0.937. The highest BCUT2D eigenvalue weighted by Crippen LogP contribution is 2.33. The molecule has 0 saturated carbocycles. The van der Waals surface area contributed by atoms with Crippen molar-refractivity contribution in [3.63, 3.8) is 0 Å². The van der Waals surface area contributed by atoms with Crippen molar-refractivity contribution < 1.29 is 4.74 Å². The standard InChI is InChI=1S/C13H13Cl2N3O3/c1-6(2)21-11-5-10(8(14)4-9(11)15)18-13(20)16-12(19)7(3)17-18/h4-6H,1-3H3,(H,16,19,20). The summed E-state index contributed by atoms with van der Waals surface area (Å²) in [5.41, 5.74) is -0.807. The SMILES string of the molecule is Cc1nn(-c2cc(OC(C)C)c(Cl)cc2Cl)c(=O)[nH]c1=O. The summed E-state index contributed by atoms with van der Waals surface area (Å²) in [7, 11) is 0. The van der Waals surface area contributed by atoms with Gasteiger partial charge >= 0.3 is 5.69 Å². The summed E-state index contributed by atoms with van der Waals surface area (Å²) in [4.78, 5) is 25.4. The highest BCUT2D eigenvalue weighted by atomic mass is 35.5. The van der Waals surface area contributed by atoms with Gasteiger partial charge < -0.3 is 4.74 Å². The van der Waals surface area contributed by atoms with Crippen LogP contribution in [0.3, 0.4) is 0 Å². The first kappa shape index (κ1) is 15.6. The number of nitrogens with one attached hydrogen (secondary N) is 1. The molecule has 112 valence electrons. The van der Waals surface area contributed by atoms with Crippen molar-refractivity contribution >= 4 is 23.2 Å². The zero-order chi connectivity index (χ0) is 15.7. The van der Waals surface area contributed by atoms with Gasteiger partial charge in [0.1, 0.15) is 11.4 Å². The number of halogens is 2. The number of aryl methyl sites for hydroxylation is 1. The first-order chi connectivity index (χ1) is 9.79. The minimum absolute atomic E-state index is 0.0986. The fourth-order valence-electron chi connectivity index (χ4n) is 1.67. The van der Waals surface area contributed by atoms with Crippen LogP contribution in [0, 0.1) is 6.92 Å². The van der Waals surface area contributed by atoms with E-state index in [2.05, 4.69) is 10.1 Å². The van der Waals surface area contributed by atoms with Crippen LogP contribution in [-0.4, -0.2) is 20.9 Å². The maximum Gasteiger partial charge on any atom is 0.349 e. The normalized spacial score (nSPS) is 11.0. The molecule has 0 fully saturated rings. The predicted octanol–water partition coefficient (Wildman–Crippen LogP) is 2.32. The van der Waals surface area contributed by atoms with E-state index in [1.165, 1.54) is 19.1 Å². The van der Waals surface area contributed by atoms with Crippen molar-refractivity contribution in [1.82, 2.24) is 14.8 Å². The average molecular weight is 330 g/mol. The molecule has 2 aromatic rings. The van der Waals surface area contributed by atoms with Crippen LogP contribution >= 0.6 is 23.2 Å². The van der Waals surface area contributed by atoms with E-state index in [-0.39, 0.29) is 22.5 Å². The smallest absolute Gasteiger partial charge is 0.349 e. The molecule has 1 heterocycles. The van der Waals surface area contributed by atoms with E-state index in [1.807, 2.05) is 13.8 Å². The van der Waals surface area contributed by atoms with Crippen LogP contribution in [0.1, 0.15) is 19.5 Å². The van der Waals surface area contributed by atoms with E-state index < -0.39 is 11.2 Å². The number of rotatable bonds is 3. The molecule has 1 N–H and O–H groups in total. The molecular formula is C13H13Cl2N3O3. The van der Waals surface area contributed by atoms with Crippen LogP contribution in [0.2, 0.25) is 10.0 Å². The zero-order valence-corrected chi connectivity index (χ0v) is 13.1. The summed E-state index contributed by atoms with van der Waals surface area (Å²) >= 11 is 12.2. The average Bonchev–Trinajstić information content (AvgIpc) is 2.37. The van der Waals surface area contributed by atoms with Crippen LogP contribution < -0.4 is 16.0 Å². The third kappa shape index (κ3) is 3.28. The van der Waals surface area contributed by atoms with Gasteiger partial charge in [0.2, 0.25) is 0 Å². The Kier molecular flexibility index (Phi) is 4.39. The maximum absolute atomic E-state index is 11.9. The predicted molar refractivity (Wildman–Crippen MR) is 81.0 cm³/mol. The van der Waals surface area contributed by atoms with Gasteiger partial charge in [-0.25, -0.2) is 4.79 Å². The lowest BCUT2D eigenvalue weighted by molar-refractivity contribution is 0.242. The number of aromatic amines is 1. The summed E-state index contributed by atoms with van der Waals surface area (Å²) in [5.74, 6) is 0.378. The number of H-pyrrole nitrogens is 1. The van der Waals surface area contributed by atoms with Crippen LogP contribution in [-0.2, 0) is 0 Å². The van der Waals surface area contributed by atoms with Gasteiger partial charge in [0, 0.05) is 6.07 Å². The summed E-state index contributed by atoms with van der Waals surface area (Å²) in [5, 5.41) is 4.48. The van der Waals surface area contributed by atoms with Crippen molar-refractivity contribution in [3.05, 3.63) is 48.7 Å². The summed E-state index contributed by atoms with van der Waals surface area (Å²) in [6.07, 6.45) is -0.0986. The van der Waals surface area contributed by atoms with Crippen molar-refractivity contribution in [2.45, 2.75) is 26.9 Å². The summed E-state index contributed by atoms with van der Waals surface area (Å²) in [6.45, 7) is 5.18. The van der Waals surface area contributed by atoms with Gasteiger partial charge in [-0.2, -0.15) is 9.78 Å². The molecule has 0 bridgehead atoms. The lowest BCUT2D eigenvalue weighted by Crippen LogP contribution is -2.33. The molecule has 0 aliphatic heterocycles. The Morgan fingerprint density at radius 1 is 1.24 bits per heavy atom. The Morgan fingerprint density at radius 3 is 2.52 bits per heavy atom. The molecule has 0 radical (unpaired) electrons. The number of aromatic nitrogens is 3. The van der Waals surface area contributed by atoms with Crippen LogP contribution in [0.25, 0.3) is 5.69 Å². The highest BCUT2D eigenvalue weighted by molar-refractivity contribution is 6.36. The van der Waals surface area contributed by atoms with Gasteiger partial charge in [-0.1, -0.05) is 23.2 Å². The van der Waals surface area contributed by atoms with Crippen molar-refractivity contribution in [2.24, 2.45) is 0 Å². The Morgan fingerprint density at radius 2 is 1.90 bits per heavy atom. The van der Waals surface area contributed by atoms with Crippen LogP contribution in [0.5, 0.6) is 5.75 Å². The third-order valence-electron chi connectivity index (χ3n) is 2.58. The van der Waals surface area contributed by atoms with Gasteiger partial charge in [-0.3, -0.25) is 9.78 Å². The number of nitrogens with zero attached hydrogens (tertiary/aromatic N) is 2. The summed E-state index contributed by atoms with van der Waals surface area (Å²) in [6, 6.07) is 2.97. The van der Waals surface area contributed by atoms with Gasteiger partial charge in [0.15, 0.2) is 0 Å². The number of hydrogen-bond acceptors (Lipinski definition) is 4.